The maximum absolute atomic E-state index is 9.58. The van der Waals surface area contributed by atoms with Crippen LogP contribution < -0.4 is 0 Å². The molecule has 0 fully saturated rings. The maximum atomic E-state index is 9.58. The van der Waals surface area contributed by atoms with Crippen molar-refractivity contribution in [2.75, 3.05) is 0 Å². The Morgan fingerprint density at radius 2 is 2.08 bits per heavy atom. The van der Waals surface area contributed by atoms with Crippen molar-refractivity contribution < 1.29 is 5.11 Å². The lowest BCUT2D eigenvalue weighted by Gasteiger charge is -2.25. The summed E-state index contributed by atoms with van der Waals surface area (Å²) in [5.41, 5.74) is 2.61. The predicted octanol–water partition coefficient (Wildman–Crippen LogP) is 2.43. The SMILES string of the molecule is O[C@H]1CCc2ccccc2[C@H]1Br. The second-order valence-electron chi connectivity index (χ2n) is 3.21. The van der Waals surface area contributed by atoms with E-state index in [1.165, 1.54) is 11.1 Å². The Balaban J connectivity index is 2.42. The molecule has 12 heavy (non-hydrogen) atoms. The van der Waals surface area contributed by atoms with Crippen LogP contribution in [0.15, 0.2) is 24.3 Å². The van der Waals surface area contributed by atoms with Crippen LogP contribution in [-0.4, -0.2) is 11.2 Å². The Morgan fingerprint density at radius 3 is 2.92 bits per heavy atom. The Morgan fingerprint density at radius 1 is 1.33 bits per heavy atom. The first-order chi connectivity index (χ1) is 5.79. The Labute approximate surface area is 80.5 Å². The highest BCUT2D eigenvalue weighted by Gasteiger charge is 2.24. The fourth-order valence-electron chi connectivity index (χ4n) is 1.69. The summed E-state index contributed by atoms with van der Waals surface area (Å²) in [6.45, 7) is 0. The van der Waals surface area contributed by atoms with Gasteiger partial charge in [0.15, 0.2) is 0 Å². The Bertz CT molecular complexity index is 285. The van der Waals surface area contributed by atoms with E-state index in [9.17, 15) is 5.11 Å². The van der Waals surface area contributed by atoms with Crippen LogP contribution in [0, 0.1) is 0 Å². The lowest BCUT2D eigenvalue weighted by atomic mass is 9.90. The van der Waals surface area contributed by atoms with Crippen LogP contribution in [0.3, 0.4) is 0 Å². The number of aliphatic hydroxyl groups is 1. The average molecular weight is 227 g/mol. The van der Waals surface area contributed by atoms with E-state index < -0.39 is 0 Å². The van der Waals surface area contributed by atoms with Crippen molar-refractivity contribution in [3.63, 3.8) is 0 Å². The number of hydrogen-bond acceptors (Lipinski definition) is 1. The van der Waals surface area contributed by atoms with E-state index in [-0.39, 0.29) is 10.9 Å². The van der Waals surface area contributed by atoms with E-state index >= 15 is 0 Å². The summed E-state index contributed by atoms with van der Waals surface area (Å²) >= 11 is 3.50. The van der Waals surface area contributed by atoms with Gasteiger partial charge in [-0.2, -0.15) is 0 Å². The quantitative estimate of drug-likeness (QED) is 0.675. The van der Waals surface area contributed by atoms with Crippen LogP contribution in [0.4, 0.5) is 0 Å². The predicted molar refractivity (Wildman–Crippen MR) is 52.4 cm³/mol. The van der Waals surface area contributed by atoms with Crippen LogP contribution in [0.2, 0.25) is 0 Å². The van der Waals surface area contributed by atoms with E-state index in [4.69, 9.17) is 0 Å². The van der Waals surface area contributed by atoms with Crippen LogP contribution in [0.5, 0.6) is 0 Å². The first-order valence-corrected chi connectivity index (χ1v) is 5.10. The minimum absolute atomic E-state index is 0.127. The van der Waals surface area contributed by atoms with Crippen LogP contribution in [0.1, 0.15) is 22.4 Å². The van der Waals surface area contributed by atoms with Gasteiger partial charge in [0.25, 0.3) is 0 Å². The molecule has 1 aliphatic carbocycles. The third-order valence-electron chi connectivity index (χ3n) is 2.40. The molecule has 2 atom stereocenters. The van der Waals surface area contributed by atoms with Gasteiger partial charge in [-0.15, -0.1) is 0 Å². The molecule has 0 bridgehead atoms. The van der Waals surface area contributed by atoms with Gasteiger partial charge in [-0.25, -0.2) is 0 Å². The minimum Gasteiger partial charge on any atom is -0.392 e. The molecule has 0 unspecified atom stereocenters. The fraction of sp³-hybridized carbons (Fsp3) is 0.400. The monoisotopic (exact) mass is 226 g/mol. The van der Waals surface area contributed by atoms with Crippen molar-refractivity contribution in [3.8, 4) is 0 Å². The van der Waals surface area contributed by atoms with Crippen molar-refractivity contribution >= 4 is 15.9 Å². The molecule has 64 valence electrons. The van der Waals surface area contributed by atoms with Crippen LogP contribution in [-0.2, 0) is 6.42 Å². The normalized spacial score (nSPS) is 28.2. The van der Waals surface area contributed by atoms with Gasteiger partial charge in [-0.1, -0.05) is 40.2 Å². The zero-order valence-corrected chi connectivity index (χ0v) is 8.29. The fourth-order valence-corrected chi connectivity index (χ4v) is 2.40. The van der Waals surface area contributed by atoms with Crippen molar-refractivity contribution in [1.82, 2.24) is 0 Å². The summed E-state index contributed by atoms with van der Waals surface area (Å²) in [6.07, 6.45) is 1.65. The molecule has 0 aromatic heterocycles. The van der Waals surface area contributed by atoms with E-state index in [0.29, 0.717) is 0 Å². The largest absolute Gasteiger partial charge is 0.392 e. The summed E-state index contributed by atoms with van der Waals surface area (Å²) in [5, 5.41) is 9.58. The molecule has 0 amide bonds. The molecule has 0 aliphatic heterocycles. The second-order valence-corrected chi connectivity index (χ2v) is 4.19. The van der Waals surface area contributed by atoms with Gasteiger partial charge < -0.3 is 5.11 Å². The lowest BCUT2D eigenvalue weighted by molar-refractivity contribution is 0.157. The van der Waals surface area contributed by atoms with E-state index in [2.05, 4.69) is 34.1 Å². The molecule has 2 rings (SSSR count). The third kappa shape index (κ3) is 1.29. The Hall–Kier alpha value is -0.340. The number of rotatable bonds is 0. The van der Waals surface area contributed by atoms with Crippen LogP contribution in [0.25, 0.3) is 0 Å². The molecule has 0 heterocycles. The second kappa shape index (κ2) is 3.19. The molecule has 0 saturated heterocycles. The van der Waals surface area contributed by atoms with Gasteiger partial charge in [0, 0.05) is 0 Å². The van der Waals surface area contributed by atoms with E-state index in [0.717, 1.165) is 12.8 Å². The zero-order valence-electron chi connectivity index (χ0n) is 6.70. The van der Waals surface area contributed by atoms with Crippen molar-refractivity contribution in [2.24, 2.45) is 0 Å². The number of aryl methyl sites for hydroxylation is 1. The van der Waals surface area contributed by atoms with Gasteiger partial charge >= 0.3 is 0 Å². The van der Waals surface area contributed by atoms with Gasteiger partial charge in [-0.05, 0) is 24.0 Å². The molecule has 1 nitrogen and oxygen atoms in total. The first-order valence-electron chi connectivity index (χ1n) is 4.19. The number of benzene rings is 1. The molecular formula is C10H11BrO. The highest BCUT2D eigenvalue weighted by Crippen LogP contribution is 2.35. The molecule has 0 spiro atoms. The molecule has 2 heteroatoms. The van der Waals surface area contributed by atoms with Gasteiger partial charge in [0.2, 0.25) is 0 Å². The molecule has 0 saturated carbocycles. The molecule has 1 aliphatic rings. The number of alkyl halides is 1. The molecular weight excluding hydrogens is 216 g/mol. The molecule has 1 aromatic rings. The van der Waals surface area contributed by atoms with Crippen LogP contribution >= 0.6 is 15.9 Å². The van der Waals surface area contributed by atoms with E-state index in [1.54, 1.807) is 0 Å². The number of halogens is 1. The van der Waals surface area contributed by atoms with Gasteiger partial charge in [-0.3, -0.25) is 0 Å². The average Bonchev–Trinajstić information content (AvgIpc) is 2.12. The molecule has 1 aromatic carbocycles. The number of fused-ring (bicyclic) bond motifs is 1. The molecule has 0 radical (unpaired) electrons. The summed E-state index contributed by atoms with van der Waals surface area (Å²) < 4.78 is 0. The first kappa shape index (κ1) is 8.27. The highest BCUT2D eigenvalue weighted by atomic mass is 79.9. The van der Waals surface area contributed by atoms with Crippen molar-refractivity contribution in [3.05, 3.63) is 35.4 Å². The van der Waals surface area contributed by atoms with Gasteiger partial charge in [0.05, 0.1) is 10.9 Å². The summed E-state index contributed by atoms with van der Waals surface area (Å²) in [6, 6.07) is 8.29. The Kier molecular flexibility index (Phi) is 2.20. The molecule has 1 N–H and O–H groups in total. The van der Waals surface area contributed by atoms with Crippen molar-refractivity contribution in [1.29, 1.82) is 0 Å². The third-order valence-corrected chi connectivity index (χ3v) is 3.50. The minimum atomic E-state index is -0.222. The van der Waals surface area contributed by atoms with E-state index in [1.807, 2.05) is 6.07 Å². The topological polar surface area (TPSA) is 20.2 Å². The maximum Gasteiger partial charge on any atom is 0.0709 e. The number of hydrogen-bond donors (Lipinski definition) is 1. The smallest absolute Gasteiger partial charge is 0.0709 e. The van der Waals surface area contributed by atoms with Crippen molar-refractivity contribution in [2.45, 2.75) is 23.8 Å². The summed E-state index contributed by atoms with van der Waals surface area (Å²) in [5.74, 6) is 0. The lowest BCUT2D eigenvalue weighted by Crippen LogP contribution is -2.20. The summed E-state index contributed by atoms with van der Waals surface area (Å²) in [7, 11) is 0. The standard InChI is InChI=1S/C10H11BrO/c11-10-8-4-2-1-3-7(8)5-6-9(10)12/h1-4,9-10,12H,5-6H2/t9-,10+/m0/s1. The highest BCUT2D eigenvalue weighted by molar-refractivity contribution is 9.09. The van der Waals surface area contributed by atoms with Gasteiger partial charge in [0.1, 0.15) is 0 Å². The summed E-state index contributed by atoms with van der Waals surface area (Å²) in [4.78, 5) is 0.127. The zero-order chi connectivity index (χ0) is 8.55. The number of aliphatic hydroxyl groups excluding tert-OH is 1.